The molecule has 2 aromatic rings. The number of carboxylic acid groups (broad SMARTS) is 1. The molecule has 194 valence electrons. The summed E-state index contributed by atoms with van der Waals surface area (Å²) in [7, 11) is 0. The monoisotopic (exact) mass is 528 g/mol. The van der Waals surface area contributed by atoms with E-state index >= 15 is 0 Å². The molecule has 2 aliphatic carbocycles. The average molecular weight is 529 g/mol. The molecule has 2 aromatic heterocycles. The lowest BCUT2D eigenvalue weighted by Crippen LogP contribution is -2.47. The van der Waals surface area contributed by atoms with Crippen LogP contribution in [0.1, 0.15) is 93.6 Å². The Hall–Kier alpha value is -2.37. The van der Waals surface area contributed by atoms with Crippen LogP contribution in [0.3, 0.4) is 0 Å². The number of carboxylic acids is 1. The van der Waals surface area contributed by atoms with E-state index in [0.717, 1.165) is 51.4 Å². The number of hydrogen-bond donors (Lipinski definition) is 1. The van der Waals surface area contributed by atoms with Crippen LogP contribution < -0.4 is 9.64 Å². The van der Waals surface area contributed by atoms with Crippen molar-refractivity contribution in [2.75, 3.05) is 4.90 Å². The predicted octanol–water partition coefficient (Wildman–Crippen LogP) is 6.85. The Morgan fingerprint density at radius 1 is 1.11 bits per heavy atom. The van der Waals surface area contributed by atoms with Crippen molar-refractivity contribution in [1.82, 2.24) is 4.98 Å². The number of nitrogens with zero attached hydrogens (tertiary/aromatic N) is 2. The molecule has 2 aliphatic rings. The number of carbonyl (C=O) groups is 2. The zero-order valence-electron chi connectivity index (χ0n) is 21.6. The number of aromatic carboxylic acids is 1. The van der Waals surface area contributed by atoms with Gasteiger partial charge in [0.1, 0.15) is 11.0 Å². The molecule has 1 N–H and O–H groups in total. The zero-order valence-corrected chi connectivity index (χ0v) is 23.2. The van der Waals surface area contributed by atoms with Gasteiger partial charge in [0.25, 0.3) is 5.19 Å². The van der Waals surface area contributed by atoms with Gasteiger partial charge in [-0.1, -0.05) is 30.1 Å². The molecule has 2 heterocycles. The molecule has 1 amide bonds. The molecule has 0 saturated heterocycles. The van der Waals surface area contributed by atoms with E-state index < -0.39 is 5.97 Å². The highest BCUT2D eigenvalue weighted by Gasteiger charge is 2.38. The standard InChI is InChI=1S/C28H36N2O4S2/c1-18-5-7-19(8-6-18)25(31)30(20-9-11-21(12-10-20)34-27-29-15-16-35-27)23-17-22(13-14-28(2,3)4)36-24(23)26(32)33/h15-21H,5-12H2,1-4H3,(H,32,33)/t18-,19-,20-,21-. The predicted molar refractivity (Wildman–Crippen MR) is 145 cm³/mol. The van der Waals surface area contributed by atoms with Gasteiger partial charge in [0.05, 0.1) is 10.6 Å². The molecule has 0 aromatic carbocycles. The van der Waals surface area contributed by atoms with Crippen LogP contribution in [-0.4, -0.2) is 34.1 Å². The zero-order chi connectivity index (χ0) is 25.9. The largest absolute Gasteiger partial charge is 0.477 e. The molecule has 0 aliphatic heterocycles. The smallest absolute Gasteiger partial charge is 0.348 e. The highest BCUT2D eigenvalue weighted by atomic mass is 32.1. The highest BCUT2D eigenvalue weighted by Crippen LogP contribution is 2.39. The van der Waals surface area contributed by atoms with Gasteiger partial charge in [-0.05, 0) is 84.1 Å². The van der Waals surface area contributed by atoms with Crippen molar-refractivity contribution in [1.29, 1.82) is 0 Å². The average Bonchev–Trinajstić information content (AvgIpc) is 3.49. The lowest BCUT2D eigenvalue weighted by Gasteiger charge is -2.39. The fraction of sp³-hybridized carbons (Fsp3) is 0.607. The number of rotatable bonds is 6. The van der Waals surface area contributed by atoms with E-state index in [1.54, 1.807) is 6.20 Å². The normalized spacial score (nSPS) is 24.4. The Bertz CT molecular complexity index is 1110. The first kappa shape index (κ1) is 26.7. The summed E-state index contributed by atoms with van der Waals surface area (Å²) in [5.74, 6) is 6.00. The molecule has 0 radical (unpaired) electrons. The number of ether oxygens (including phenoxy) is 1. The summed E-state index contributed by atoms with van der Waals surface area (Å²) in [6.45, 7) is 8.32. The maximum atomic E-state index is 14.0. The third-order valence-corrected chi connectivity index (χ3v) is 8.70. The van der Waals surface area contributed by atoms with E-state index in [-0.39, 0.29) is 34.3 Å². The van der Waals surface area contributed by atoms with Crippen LogP contribution in [0.25, 0.3) is 0 Å². The summed E-state index contributed by atoms with van der Waals surface area (Å²) in [5, 5.41) is 12.6. The van der Waals surface area contributed by atoms with Crippen molar-refractivity contribution < 1.29 is 19.4 Å². The van der Waals surface area contributed by atoms with Crippen LogP contribution in [0.15, 0.2) is 17.6 Å². The topological polar surface area (TPSA) is 79.7 Å². The number of anilines is 1. The van der Waals surface area contributed by atoms with E-state index in [0.29, 0.717) is 21.7 Å². The maximum absolute atomic E-state index is 14.0. The van der Waals surface area contributed by atoms with Crippen molar-refractivity contribution in [2.24, 2.45) is 17.3 Å². The molecule has 2 fully saturated rings. The SMILES string of the molecule is CC(C)(C)C#Cc1cc(N(C(=O)[C@H]2CC[C@H](C)CC2)[C@H]2CC[C@H](Oc3nccs3)CC2)c(C(=O)O)s1. The Morgan fingerprint density at radius 3 is 2.39 bits per heavy atom. The van der Waals surface area contributed by atoms with E-state index in [4.69, 9.17) is 4.74 Å². The van der Waals surface area contributed by atoms with Crippen molar-refractivity contribution in [3.63, 3.8) is 0 Å². The number of aromatic nitrogens is 1. The van der Waals surface area contributed by atoms with Crippen molar-refractivity contribution in [3.05, 3.63) is 27.4 Å². The summed E-state index contributed by atoms with van der Waals surface area (Å²) in [6.07, 6.45) is 8.75. The fourth-order valence-electron chi connectivity index (χ4n) is 5.06. The molecule has 0 atom stereocenters. The molecule has 0 unspecified atom stereocenters. The van der Waals surface area contributed by atoms with E-state index in [9.17, 15) is 14.7 Å². The van der Waals surface area contributed by atoms with Gasteiger partial charge >= 0.3 is 5.97 Å². The second-order valence-electron chi connectivity index (χ2n) is 11.1. The van der Waals surface area contributed by atoms with Crippen molar-refractivity contribution >= 4 is 40.2 Å². The number of amides is 1. The summed E-state index contributed by atoms with van der Waals surface area (Å²) < 4.78 is 6.04. The van der Waals surface area contributed by atoms with E-state index in [2.05, 4.69) is 23.7 Å². The van der Waals surface area contributed by atoms with Crippen molar-refractivity contribution in [3.8, 4) is 17.0 Å². The lowest BCUT2D eigenvalue weighted by atomic mass is 9.81. The molecule has 0 spiro atoms. The van der Waals surface area contributed by atoms with Crippen LogP contribution in [0.5, 0.6) is 5.19 Å². The minimum Gasteiger partial charge on any atom is -0.477 e. The van der Waals surface area contributed by atoms with Crippen LogP contribution in [0, 0.1) is 29.1 Å². The van der Waals surface area contributed by atoms with Gasteiger partial charge in [0.2, 0.25) is 5.91 Å². The molecular weight excluding hydrogens is 492 g/mol. The van der Waals surface area contributed by atoms with Gasteiger partial charge in [-0.2, -0.15) is 0 Å². The first-order chi connectivity index (χ1) is 17.1. The third kappa shape index (κ3) is 6.68. The number of hydrogen-bond acceptors (Lipinski definition) is 6. The van der Waals surface area contributed by atoms with Gasteiger partial charge in [-0.3, -0.25) is 4.79 Å². The Labute approximate surface area is 222 Å². The van der Waals surface area contributed by atoms with Crippen LogP contribution >= 0.6 is 22.7 Å². The molecule has 8 heteroatoms. The van der Waals surface area contributed by atoms with Gasteiger partial charge in [-0.15, -0.1) is 11.3 Å². The summed E-state index contributed by atoms with van der Waals surface area (Å²) >= 11 is 2.65. The number of thiazole rings is 1. The molecular formula is C28H36N2O4S2. The molecule has 6 nitrogen and oxygen atoms in total. The van der Waals surface area contributed by atoms with E-state index in [1.165, 1.54) is 22.7 Å². The van der Waals surface area contributed by atoms with Gasteiger partial charge in [0, 0.05) is 29.0 Å². The minimum absolute atomic E-state index is 0.0517. The third-order valence-electron chi connectivity index (χ3n) is 7.02. The maximum Gasteiger partial charge on any atom is 0.348 e. The summed E-state index contributed by atoms with van der Waals surface area (Å²) in [5.41, 5.74) is 0.316. The highest BCUT2D eigenvalue weighted by molar-refractivity contribution is 7.15. The van der Waals surface area contributed by atoms with Crippen LogP contribution in [-0.2, 0) is 4.79 Å². The molecule has 2 saturated carbocycles. The first-order valence-corrected chi connectivity index (χ1v) is 14.6. The van der Waals surface area contributed by atoms with Crippen LogP contribution in [0.2, 0.25) is 0 Å². The number of thiophene rings is 1. The molecule has 36 heavy (non-hydrogen) atoms. The minimum atomic E-state index is -1.00. The van der Waals surface area contributed by atoms with Gasteiger partial charge < -0.3 is 14.7 Å². The Balaban J connectivity index is 1.62. The summed E-state index contributed by atoms with van der Waals surface area (Å²) in [4.78, 5) is 33.3. The molecule has 4 rings (SSSR count). The first-order valence-electron chi connectivity index (χ1n) is 12.9. The second-order valence-corrected chi connectivity index (χ2v) is 13.1. The fourth-order valence-corrected chi connectivity index (χ4v) is 6.45. The van der Waals surface area contributed by atoms with Gasteiger partial charge in [-0.25, -0.2) is 9.78 Å². The number of carbonyl (C=O) groups excluding carboxylic acids is 1. The Kier molecular flexibility index (Phi) is 8.41. The lowest BCUT2D eigenvalue weighted by molar-refractivity contribution is -0.124. The molecule has 0 bridgehead atoms. The van der Waals surface area contributed by atoms with Crippen molar-refractivity contribution in [2.45, 2.75) is 91.2 Å². The quantitative estimate of drug-likeness (QED) is 0.415. The second kappa shape index (κ2) is 11.4. The van der Waals surface area contributed by atoms with Crippen LogP contribution in [0.4, 0.5) is 5.69 Å². The summed E-state index contributed by atoms with van der Waals surface area (Å²) in [6, 6.07) is 1.78. The Morgan fingerprint density at radius 2 is 1.81 bits per heavy atom. The van der Waals surface area contributed by atoms with Gasteiger partial charge in [0.15, 0.2) is 0 Å². The van der Waals surface area contributed by atoms with E-state index in [1.807, 2.05) is 37.1 Å².